The molecule has 0 aliphatic heterocycles. The highest BCUT2D eigenvalue weighted by Gasteiger charge is 2.05. The Bertz CT molecular complexity index is 435. The van der Waals surface area contributed by atoms with Crippen LogP contribution >= 0.6 is 11.6 Å². The first kappa shape index (κ1) is 16.5. The van der Waals surface area contributed by atoms with Crippen LogP contribution in [0.5, 0.6) is 0 Å². The molecule has 0 saturated heterocycles. The summed E-state index contributed by atoms with van der Waals surface area (Å²) in [5.41, 5.74) is 5.60. The number of carbonyl (C=O) groups excluding carboxylic acids is 2. The van der Waals surface area contributed by atoms with Crippen molar-refractivity contribution in [2.75, 3.05) is 13.7 Å². The zero-order valence-electron chi connectivity index (χ0n) is 11.4. The number of amides is 2. The molecule has 20 heavy (non-hydrogen) atoms. The van der Waals surface area contributed by atoms with Crippen molar-refractivity contribution in [3.8, 4) is 0 Å². The zero-order valence-corrected chi connectivity index (χ0v) is 12.2. The van der Waals surface area contributed by atoms with Gasteiger partial charge in [-0.25, -0.2) is 0 Å². The Balaban J connectivity index is 2.19. The molecule has 0 aliphatic rings. The van der Waals surface area contributed by atoms with Gasteiger partial charge in [0.25, 0.3) is 0 Å². The smallest absolute Gasteiger partial charge is 0.242 e. The quantitative estimate of drug-likeness (QED) is 0.596. The normalized spacial score (nSPS) is 10.1. The SMILES string of the molecule is COCCCCC(=O)NNC(=O)Cc1ccc(Cl)cc1. The third-order valence-corrected chi connectivity index (χ3v) is 2.87. The number of hydrogen-bond acceptors (Lipinski definition) is 3. The molecular weight excluding hydrogens is 280 g/mol. The van der Waals surface area contributed by atoms with Crippen molar-refractivity contribution in [2.24, 2.45) is 0 Å². The molecule has 1 aromatic carbocycles. The lowest BCUT2D eigenvalue weighted by atomic mass is 10.1. The molecule has 6 heteroatoms. The number of ether oxygens (including phenoxy) is 1. The van der Waals surface area contributed by atoms with Crippen LogP contribution in [-0.2, 0) is 20.7 Å². The van der Waals surface area contributed by atoms with Gasteiger partial charge in [0.15, 0.2) is 0 Å². The van der Waals surface area contributed by atoms with Crippen molar-refractivity contribution < 1.29 is 14.3 Å². The maximum Gasteiger partial charge on any atom is 0.242 e. The number of unbranched alkanes of at least 4 members (excludes halogenated alkanes) is 1. The molecule has 0 heterocycles. The fraction of sp³-hybridized carbons (Fsp3) is 0.429. The van der Waals surface area contributed by atoms with E-state index in [0.717, 1.165) is 18.4 Å². The van der Waals surface area contributed by atoms with Gasteiger partial charge in [0.1, 0.15) is 0 Å². The molecule has 0 radical (unpaired) electrons. The first-order chi connectivity index (χ1) is 9.61. The fourth-order valence-corrected chi connectivity index (χ4v) is 1.69. The molecule has 0 unspecified atom stereocenters. The Kier molecular flexibility index (Phi) is 7.69. The number of methoxy groups -OCH3 is 1. The van der Waals surface area contributed by atoms with Crippen LogP contribution in [0.1, 0.15) is 24.8 Å². The Morgan fingerprint density at radius 2 is 1.75 bits per heavy atom. The number of hydrazine groups is 1. The summed E-state index contributed by atoms with van der Waals surface area (Å²) in [7, 11) is 1.62. The van der Waals surface area contributed by atoms with E-state index in [4.69, 9.17) is 16.3 Å². The average molecular weight is 299 g/mol. The monoisotopic (exact) mass is 298 g/mol. The van der Waals surface area contributed by atoms with E-state index in [9.17, 15) is 9.59 Å². The third kappa shape index (κ3) is 7.11. The summed E-state index contributed by atoms with van der Waals surface area (Å²) in [6.07, 6.45) is 2.11. The van der Waals surface area contributed by atoms with Gasteiger partial charge in [0.2, 0.25) is 11.8 Å². The highest BCUT2D eigenvalue weighted by atomic mass is 35.5. The highest BCUT2D eigenvalue weighted by molar-refractivity contribution is 6.30. The van der Waals surface area contributed by atoms with E-state index < -0.39 is 0 Å². The molecule has 0 aliphatic carbocycles. The van der Waals surface area contributed by atoms with Gasteiger partial charge >= 0.3 is 0 Å². The number of halogens is 1. The van der Waals surface area contributed by atoms with Crippen LogP contribution in [0, 0.1) is 0 Å². The van der Waals surface area contributed by atoms with Crippen molar-refractivity contribution in [3.05, 3.63) is 34.9 Å². The summed E-state index contributed by atoms with van der Waals surface area (Å²) in [6, 6.07) is 6.99. The summed E-state index contributed by atoms with van der Waals surface area (Å²) in [5, 5.41) is 0.624. The van der Waals surface area contributed by atoms with E-state index in [1.165, 1.54) is 0 Å². The van der Waals surface area contributed by atoms with Crippen molar-refractivity contribution in [1.29, 1.82) is 0 Å². The summed E-state index contributed by atoms with van der Waals surface area (Å²) in [4.78, 5) is 23.0. The third-order valence-electron chi connectivity index (χ3n) is 2.62. The number of benzene rings is 1. The average Bonchev–Trinajstić information content (AvgIpc) is 2.44. The van der Waals surface area contributed by atoms with E-state index in [1.54, 1.807) is 31.4 Å². The lowest BCUT2D eigenvalue weighted by molar-refractivity contribution is -0.128. The number of nitrogens with one attached hydrogen (secondary N) is 2. The summed E-state index contributed by atoms with van der Waals surface area (Å²) in [5.74, 6) is -0.469. The molecule has 0 aromatic heterocycles. The molecule has 1 aromatic rings. The van der Waals surface area contributed by atoms with Gasteiger partial charge in [0, 0.05) is 25.2 Å². The number of carbonyl (C=O) groups is 2. The molecular formula is C14H19ClN2O3. The molecule has 2 N–H and O–H groups in total. The second-order valence-corrected chi connectivity index (χ2v) is 4.79. The molecule has 2 amide bonds. The van der Waals surface area contributed by atoms with Gasteiger partial charge in [-0.15, -0.1) is 0 Å². The predicted molar refractivity (Wildman–Crippen MR) is 77.2 cm³/mol. The molecule has 0 spiro atoms. The number of hydrogen-bond donors (Lipinski definition) is 2. The van der Waals surface area contributed by atoms with Gasteiger partial charge in [-0.2, -0.15) is 0 Å². The van der Waals surface area contributed by atoms with E-state index in [0.29, 0.717) is 18.1 Å². The molecule has 110 valence electrons. The van der Waals surface area contributed by atoms with Crippen LogP contribution in [0.25, 0.3) is 0 Å². The van der Waals surface area contributed by atoms with Crippen molar-refractivity contribution in [2.45, 2.75) is 25.7 Å². The minimum Gasteiger partial charge on any atom is -0.385 e. The second-order valence-electron chi connectivity index (χ2n) is 4.35. The van der Waals surface area contributed by atoms with Crippen LogP contribution in [-0.4, -0.2) is 25.5 Å². The summed E-state index contributed by atoms with van der Waals surface area (Å²) >= 11 is 5.76. The van der Waals surface area contributed by atoms with Crippen LogP contribution in [0.3, 0.4) is 0 Å². The molecule has 0 saturated carbocycles. The maximum absolute atomic E-state index is 11.6. The minimum absolute atomic E-state index is 0.196. The summed E-state index contributed by atoms with van der Waals surface area (Å²) in [6.45, 7) is 0.635. The van der Waals surface area contributed by atoms with Crippen LogP contribution < -0.4 is 10.9 Å². The molecule has 0 atom stereocenters. The van der Waals surface area contributed by atoms with Crippen molar-refractivity contribution in [1.82, 2.24) is 10.9 Å². The summed E-state index contributed by atoms with van der Waals surface area (Å²) < 4.78 is 4.89. The van der Waals surface area contributed by atoms with Gasteiger partial charge < -0.3 is 4.74 Å². The van der Waals surface area contributed by atoms with Crippen LogP contribution in [0.15, 0.2) is 24.3 Å². The maximum atomic E-state index is 11.6. The predicted octanol–water partition coefficient (Wildman–Crippen LogP) is 1.85. The Hall–Kier alpha value is -1.59. The Labute approximate surface area is 123 Å². The van der Waals surface area contributed by atoms with Crippen molar-refractivity contribution >= 4 is 23.4 Å². The number of rotatable bonds is 7. The first-order valence-electron chi connectivity index (χ1n) is 6.43. The van der Waals surface area contributed by atoms with E-state index >= 15 is 0 Å². The topological polar surface area (TPSA) is 67.4 Å². The molecule has 1 rings (SSSR count). The van der Waals surface area contributed by atoms with Crippen LogP contribution in [0.2, 0.25) is 5.02 Å². The highest BCUT2D eigenvalue weighted by Crippen LogP contribution is 2.09. The van der Waals surface area contributed by atoms with Gasteiger partial charge in [-0.05, 0) is 30.5 Å². The lowest BCUT2D eigenvalue weighted by Gasteiger charge is -2.07. The van der Waals surface area contributed by atoms with Gasteiger partial charge in [-0.1, -0.05) is 23.7 Å². The fourth-order valence-electron chi connectivity index (χ4n) is 1.57. The van der Waals surface area contributed by atoms with Gasteiger partial charge in [0.05, 0.1) is 6.42 Å². The Morgan fingerprint density at radius 1 is 1.10 bits per heavy atom. The van der Waals surface area contributed by atoms with E-state index in [2.05, 4.69) is 10.9 Å². The van der Waals surface area contributed by atoms with Gasteiger partial charge in [-0.3, -0.25) is 20.4 Å². The first-order valence-corrected chi connectivity index (χ1v) is 6.80. The molecule has 0 fully saturated rings. The largest absolute Gasteiger partial charge is 0.385 e. The molecule has 0 bridgehead atoms. The zero-order chi connectivity index (χ0) is 14.8. The Morgan fingerprint density at radius 3 is 2.40 bits per heavy atom. The van der Waals surface area contributed by atoms with E-state index in [-0.39, 0.29) is 18.2 Å². The van der Waals surface area contributed by atoms with Crippen LogP contribution in [0.4, 0.5) is 0 Å². The standard InChI is InChI=1S/C14H19ClN2O3/c1-20-9-3-2-4-13(18)16-17-14(19)10-11-5-7-12(15)8-6-11/h5-8H,2-4,9-10H2,1H3,(H,16,18)(H,17,19). The molecule has 5 nitrogen and oxygen atoms in total. The van der Waals surface area contributed by atoms with E-state index in [1.807, 2.05) is 0 Å². The van der Waals surface area contributed by atoms with Crippen molar-refractivity contribution in [3.63, 3.8) is 0 Å². The second kappa shape index (κ2) is 9.34. The minimum atomic E-state index is -0.266. The lowest BCUT2D eigenvalue weighted by Crippen LogP contribution is -2.42.